The summed E-state index contributed by atoms with van der Waals surface area (Å²) in [5.74, 6) is 2.61. The number of aryl methyl sites for hydroxylation is 2. The van der Waals surface area contributed by atoms with Crippen LogP contribution in [-0.4, -0.2) is 27.4 Å². The Bertz CT molecular complexity index is 1100. The van der Waals surface area contributed by atoms with Crippen LogP contribution in [0, 0.1) is 6.92 Å². The van der Waals surface area contributed by atoms with Gasteiger partial charge < -0.3 is 9.32 Å². The molecular formula is C23H23N3O2. The largest absolute Gasteiger partial charge is 0.464 e. The van der Waals surface area contributed by atoms with Crippen LogP contribution in [0.15, 0.2) is 71.1 Å². The molecule has 0 aliphatic heterocycles. The second-order valence-corrected chi connectivity index (χ2v) is 6.95. The van der Waals surface area contributed by atoms with E-state index in [0.717, 1.165) is 34.1 Å². The lowest BCUT2D eigenvalue weighted by atomic mass is 10.2. The summed E-state index contributed by atoms with van der Waals surface area (Å²) < 4.78 is 7.71. The van der Waals surface area contributed by atoms with Crippen molar-refractivity contribution in [3.8, 4) is 5.69 Å². The number of amides is 1. The van der Waals surface area contributed by atoms with Crippen LogP contribution in [0.3, 0.4) is 0 Å². The van der Waals surface area contributed by atoms with E-state index in [0.29, 0.717) is 19.4 Å². The van der Waals surface area contributed by atoms with Crippen molar-refractivity contribution < 1.29 is 9.21 Å². The van der Waals surface area contributed by atoms with Crippen molar-refractivity contribution in [2.45, 2.75) is 26.3 Å². The van der Waals surface area contributed by atoms with E-state index in [4.69, 9.17) is 9.40 Å². The third-order valence-corrected chi connectivity index (χ3v) is 4.82. The molecule has 2 aromatic heterocycles. The number of rotatable bonds is 6. The number of nitrogens with zero attached hydrogens (tertiary/aromatic N) is 3. The summed E-state index contributed by atoms with van der Waals surface area (Å²) in [7, 11) is 1.81. The van der Waals surface area contributed by atoms with Gasteiger partial charge in [-0.15, -0.1) is 0 Å². The van der Waals surface area contributed by atoms with Gasteiger partial charge in [0.25, 0.3) is 0 Å². The second-order valence-electron chi connectivity index (χ2n) is 6.95. The summed E-state index contributed by atoms with van der Waals surface area (Å²) in [5, 5.41) is 0. The first-order chi connectivity index (χ1) is 13.6. The molecule has 5 nitrogen and oxygen atoms in total. The Balaban J connectivity index is 1.54. The minimum atomic E-state index is 0.0701. The molecule has 4 rings (SSSR count). The molecule has 0 atom stereocenters. The van der Waals surface area contributed by atoms with Crippen molar-refractivity contribution in [2.75, 3.05) is 7.05 Å². The van der Waals surface area contributed by atoms with Gasteiger partial charge in [0.15, 0.2) is 0 Å². The number of carbonyl (C=O) groups excluding carboxylic acids is 1. The molecule has 2 heterocycles. The van der Waals surface area contributed by atoms with Crippen LogP contribution in [-0.2, 0) is 17.8 Å². The van der Waals surface area contributed by atoms with Gasteiger partial charge in [0, 0.05) is 25.6 Å². The molecule has 0 aliphatic carbocycles. The van der Waals surface area contributed by atoms with Crippen LogP contribution in [0.25, 0.3) is 16.7 Å². The quantitative estimate of drug-likeness (QED) is 0.499. The highest BCUT2D eigenvalue weighted by Gasteiger charge is 2.16. The van der Waals surface area contributed by atoms with Gasteiger partial charge in [-0.1, -0.05) is 30.3 Å². The first-order valence-electron chi connectivity index (χ1n) is 9.43. The summed E-state index contributed by atoms with van der Waals surface area (Å²) in [4.78, 5) is 19.1. The zero-order valence-corrected chi connectivity index (χ0v) is 16.1. The SMILES string of the molecule is Cc1ccc(CN(C)C(=O)CCc2nc3ccccc3n2-c2ccccc2)o1. The molecule has 0 aliphatic rings. The molecule has 0 bridgehead atoms. The fourth-order valence-electron chi connectivity index (χ4n) is 3.41. The number of carbonyl (C=O) groups is 1. The first kappa shape index (κ1) is 18.0. The Morgan fingerprint density at radius 2 is 1.79 bits per heavy atom. The van der Waals surface area contributed by atoms with Crippen molar-refractivity contribution in [1.29, 1.82) is 0 Å². The smallest absolute Gasteiger partial charge is 0.223 e. The highest BCUT2D eigenvalue weighted by molar-refractivity contribution is 5.79. The predicted molar refractivity (Wildman–Crippen MR) is 109 cm³/mol. The Labute approximate surface area is 164 Å². The summed E-state index contributed by atoms with van der Waals surface area (Å²) >= 11 is 0. The van der Waals surface area contributed by atoms with Gasteiger partial charge in [-0.2, -0.15) is 0 Å². The topological polar surface area (TPSA) is 51.3 Å². The van der Waals surface area contributed by atoms with Gasteiger partial charge in [0.2, 0.25) is 5.91 Å². The van der Waals surface area contributed by atoms with E-state index < -0.39 is 0 Å². The van der Waals surface area contributed by atoms with Gasteiger partial charge >= 0.3 is 0 Å². The van der Waals surface area contributed by atoms with Gasteiger partial charge in [-0.25, -0.2) is 4.98 Å². The van der Waals surface area contributed by atoms with Crippen molar-refractivity contribution in [2.24, 2.45) is 0 Å². The lowest BCUT2D eigenvalue weighted by Gasteiger charge is -2.16. The van der Waals surface area contributed by atoms with Crippen LogP contribution in [0.4, 0.5) is 0 Å². The van der Waals surface area contributed by atoms with Crippen molar-refractivity contribution in [3.05, 3.63) is 84.1 Å². The Hall–Kier alpha value is -3.34. The fourth-order valence-corrected chi connectivity index (χ4v) is 3.41. The molecule has 5 heteroatoms. The monoisotopic (exact) mass is 373 g/mol. The van der Waals surface area contributed by atoms with Crippen molar-refractivity contribution in [1.82, 2.24) is 14.5 Å². The highest BCUT2D eigenvalue weighted by atomic mass is 16.3. The van der Waals surface area contributed by atoms with Crippen molar-refractivity contribution in [3.63, 3.8) is 0 Å². The molecule has 0 saturated heterocycles. The fraction of sp³-hybridized carbons (Fsp3) is 0.217. The average molecular weight is 373 g/mol. The third-order valence-electron chi connectivity index (χ3n) is 4.82. The van der Waals surface area contributed by atoms with Gasteiger partial charge in [0.05, 0.1) is 17.6 Å². The van der Waals surface area contributed by atoms with Gasteiger partial charge in [-0.3, -0.25) is 9.36 Å². The number of aromatic nitrogens is 2. The van der Waals surface area contributed by atoms with E-state index in [1.54, 1.807) is 11.9 Å². The Kier molecular flexibility index (Phi) is 4.98. The molecule has 0 radical (unpaired) electrons. The van der Waals surface area contributed by atoms with E-state index in [1.165, 1.54) is 0 Å². The zero-order valence-electron chi connectivity index (χ0n) is 16.1. The summed E-state index contributed by atoms with van der Waals surface area (Å²) in [6, 6.07) is 22.0. The normalized spacial score (nSPS) is 11.1. The number of imidazole rings is 1. The van der Waals surface area contributed by atoms with Crippen LogP contribution in [0.2, 0.25) is 0 Å². The lowest BCUT2D eigenvalue weighted by Crippen LogP contribution is -2.26. The molecular weight excluding hydrogens is 350 g/mol. The molecule has 1 amide bonds. The van der Waals surface area contributed by atoms with E-state index in [-0.39, 0.29) is 5.91 Å². The van der Waals surface area contributed by atoms with Crippen molar-refractivity contribution >= 4 is 16.9 Å². The second kappa shape index (κ2) is 7.72. The first-order valence-corrected chi connectivity index (χ1v) is 9.43. The molecule has 4 aromatic rings. The standard InChI is InChI=1S/C23H23N3O2/c1-17-12-13-19(28-17)16-25(2)23(27)15-14-22-24-20-10-6-7-11-21(20)26(22)18-8-4-3-5-9-18/h3-13H,14-16H2,1-2H3. The third kappa shape index (κ3) is 3.69. The molecule has 2 aromatic carbocycles. The van der Waals surface area contributed by atoms with E-state index in [2.05, 4.69) is 22.8 Å². The number of furan rings is 1. The van der Waals surface area contributed by atoms with Crippen LogP contribution >= 0.6 is 0 Å². The molecule has 0 spiro atoms. The molecule has 0 fully saturated rings. The van der Waals surface area contributed by atoms with Crippen LogP contribution in [0.5, 0.6) is 0 Å². The van der Waals surface area contributed by atoms with Gasteiger partial charge in [0.1, 0.15) is 17.3 Å². The maximum absolute atomic E-state index is 12.6. The maximum atomic E-state index is 12.6. The maximum Gasteiger partial charge on any atom is 0.223 e. The molecule has 0 N–H and O–H groups in total. The number of benzene rings is 2. The minimum Gasteiger partial charge on any atom is -0.464 e. The van der Waals surface area contributed by atoms with E-state index in [9.17, 15) is 4.79 Å². The van der Waals surface area contributed by atoms with E-state index >= 15 is 0 Å². The summed E-state index contributed by atoms with van der Waals surface area (Å²) in [6.45, 7) is 2.38. The van der Waals surface area contributed by atoms with E-state index in [1.807, 2.05) is 55.5 Å². The lowest BCUT2D eigenvalue weighted by molar-refractivity contribution is -0.130. The summed E-state index contributed by atoms with van der Waals surface area (Å²) in [6.07, 6.45) is 0.969. The Morgan fingerprint density at radius 3 is 2.54 bits per heavy atom. The van der Waals surface area contributed by atoms with Gasteiger partial charge in [-0.05, 0) is 43.3 Å². The predicted octanol–water partition coefficient (Wildman–Crippen LogP) is 4.52. The number of fused-ring (bicyclic) bond motifs is 1. The number of para-hydroxylation sites is 3. The Morgan fingerprint density at radius 1 is 1.04 bits per heavy atom. The molecule has 0 saturated carbocycles. The zero-order chi connectivity index (χ0) is 19.5. The molecule has 142 valence electrons. The molecule has 0 unspecified atom stereocenters. The average Bonchev–Trinajstić information content (AvgIpc) is 3.29. The summed E-state index contributed by atoms with van der Waals surface area (Å²) in [5.41, 5.74) is 3.04. The number of hydrogen-bond acceptors (Lipinski definition) is 3. The number of hydrogen-bond donors (Lipinski definition) is 0. The highest BCUT2D eigenvalue weighted by Crippen LogP contribution is 2.22. The van der Waals surface area contributed by atoms with Crippen LogP contribution in [0.1, 0.15) is 23.8 Å². The van der Waals surface area contributed by atoms with Crippen LogP contribution < -0.4 is 0 Å². The minimum absolute atomic E-state index is 0.0701. The molecule has 28 heavy (non-hydrogen) atoms.